The predicted molar refractivity (Wildman–Crippen MR) is 110 cm³/mol. The molecule has 0 amide bonds. The van der Waals surface area contributed by atoms with Crippen molar-refractivity contribution >= 4 is 32.1 Å². The number of hydrogen-bond acceptors (Lipinski definition) is 4. The van der Waals surface area contributed by atoms with Gasteiger partial charge in [-0.1, -0.05) is 50.1 Å². The molecule has 27 heavy (non-hydrogen) atoms. The summed E-state index contributed by atoms with van der Waals surface area (Å²) in [5.74, 6) is 2.05. The van der Waals surface area contributed by atoms with E-state index in [4.69, 9.17) is 0 Å². The maximum absolute atomic E-state index is 13.1. The molecule has 0 bridgehead atoms. The summed E-state index contributed by atoms with van der Waals surface area (Å²) in [6, 6.07) is 10.2. The highest BCUT2D eigenvalue weighted by Gasteiger charge is 2.25. The van der Waals surface area contributed by atoms with Crippen LogP contribution in [0.3, 0.4) is 0 Å². The zero-order chi connectivity index (χ0) is 18.8. The van der Waals surface area contributed by atoms with Gasteiger partial charge in [-0.25, -0.2) is 9.39 Å². The number of nitrogens with zero attached hydrogens (tertiary/aromatic N) is 5. The monoisotopic (exact) mass is 427 g/mol. The topological polar surface area (TPSA) is 64.5 Å². The van der Waals surface area contributed by atoms with Crippen LogP contribution >= 0.6 is 15.9 Å². The van der Waals surface area contributed by atoms with Crippen LogP contribution in [0.4, 0.5) is 5.82 Å². The lowest BCUT2D eigenvalue weighted by atomic mass is 10.1. The van der Waals surface area contributed by atoms with E-state index < -0.39 is 0 Å². The minimum atomic E-state index is -0.0435. The first-order valence-corrected chi connectivity index (χ1v) is 10.2. The molecule has 1 aromatic carbocycles. The predicted octanol–water partition coefficient (Wildman–Crippen LogP) is 3.85. The van der Waals surface area contributed by atoms with E-state index in [2.05, 4.69) is 54.7 Å². The molecule has 0 N–H and O–H groups in total. The van der Waals surface area contributed by atoms with Crippen molar-refractivity contribution in [2.24, 2.45) is 4.99 Å². The zero-order valence-corrected chi connectivity index (χ0v) is 16.9. The van der Waals surface area contributed by atoms with Crippen LogP contribution in [0.2, 0.25) is 0 Å². The maximum Gasteiger partial charge on any atom is 0.266 e. The van der Waals surface area contributed by atoms with Crippen molar-refractivity contribution < 1.29 is 0 Å². The average molecular weight is 428 g/mol. The average Bonchev–Trinajstić information content (AvgIpc) is 3.28. The van der Waals surface area contributed by atoms with Crippen molar-refractivity contribution in [2.75, 3.05) is 0 Å². The van der Waals surface area contributed by atoms with Crippen molar-refractivity contribution in [3.8, 4) is 0 Å². The van der Waals surface area contributed by atoms with Gasteiger partial charge < -0.3 is 0 Å². The SMILES string of the molecule is CCCCCn1c2c(c(=O)n3c(CCc4ccccc4)nnc13)CC(Br)=N2. The van der Waals surface area contributed by atoms with Crippen LogP contribution in [0.1, 0.15) is 43.1 Å². The highest BCUT2D eigenvalue weighted by Crippen LogP contribution is 2.28. The third kappa shape index (κ3) is 3.48. The largest absolute Gasteiger partial charge is 0.294 e. The molecule has 0 atom stereocenters. The van der Waals surface area contributed by atoms with Crippen LogP contribution in [-0.4, -0.2) is 23.8 Å². The lowest BCUT2D eigenvalue weighted by Gasteiger charge is -2.12. The van der Waals surface area contributed by atoms with Crippen molar-refractivity contribution in [3.05, 3.63) is 57.6 Å². The third-order valence-corrected chi connectivity index (χ3v) is 5.41. The Hall–Kier alpha value is -2.28. The Morgan fingerprint density at radius 2 is 1.93 bits per heavy atom. The molecule has 0 unspecified atom stereocenters. The summed E-state index contributed by atoms with van der Waals surface area (Å²) in [5.41, 5.74) is 1.91. The second-order valence-corrected chi connectivity index (χ2v) is 7.78. The Morgan fingerprint density at radius 3 is 2.70 bits per heavy atom. The molecule has 0 spiro atoms. The van der Waals surface area contributed by atoms with Gasteiger partial charge in [-0.2, -0.15) is 0 Å². The summed E-state index contributed by atoms with van der Waals surface area (Å²) in [7, 11) is 0. The molecule has 0 saturated heterocycles. The van der Waals surface area contributed by atoms with E-state index >= 15 is 0 Å². The molecular weight excluding hydrogens is 406 g/mol. The lowest BCUT2D eigenvalue weighted by molar-refractivity contribution is 0.602. The quantitative estimate of drug-likeness (QED) is 0.537. The minimum Gasteiger partial charge on any atom is -0.294 e. The van der Waals surface area contributed by atoms with Gasteiger partial charge in [0.25, 0.3) is 5.56 Å². The van der Waals surface area contributed by atoms with Gasteiger partial charge in [-0.05, 0) is 34.3 Å². The lowest BCUT2D eigenvalue weighted by Crippen LogP contribution is -2.24. The summed E-state index contributed by atoms with van der Waals surface area (Å²) in [6.07, 6.45) is 5.34. The number of aliphatic imine (C=N–C) groups is 1. The molecule has 1 aliphatic rings. The molecule has 0 radical (unpaired) electrons. The normalized spacial score (nSPS) is 13.2. The van der Waals surface area contributed by atoms with Crippen LogP contribution in [-0.2, 0) is 25.8 Å². The van der Waals surface area contributed by atoms with Gasteiger partial charge >= 0.3 is 0 Å². The number of fused-ring (bicyclic) bond motifs is 2. The van der Waals surface area contributed by atoms with E-state index in [0.717, 1.165) is 48.2 Å². The Kier molecular flexibility index (Phi) is 5.20. The number of rotatable bonds is 7. The molecular formula is C20H22BrN5O. The molecule has 6 nitrogen and oxygen atoms in total. The molecule has 0 fully saturated rings. The van der Waals surface area contributed by atoms with Gasteiger partial charge in [0.2, 0.25) is 5.78 Å². The standard InChI is InChI=1S/C20H22BrN5O/c1-2-3-7-12-25-18-15(13-16(21)22-18)19(27)26-17(23-24-20(25)26)11-10-14-8-5-4-6-9-14/h4-6,8-9H,2-3,7,10-13H2,1H3. The summed E-state index contributed by atoms with van der Waals surface area (Å²) >= 11 is 3.46. The number of halogens is 1. The second kappa shape index (κ2) is 7.76. The van der Waals surface area contributed by atoms with E-state index in [-0.39, 0.29) is 5.56 Å². The molecule has 140 valence electrons. The second-order valence-electron chi connectivity index (χ2n) is 6.87. The fraction of sp³-hybridized carbons (Fsp3) is 0.400. The molecule has 1 aliphatic heterocycles. The molecule has 3 heterocycles. The van der Waals surface area contributed by atoms with Crippen molar-refractivity contribution in [2.45, 2.75) is 52.0 Å². The van der Waals surface area contributed by atoms with Gasteiger partial charge in [0.05, 0.1) is 10.2 Å². The van der Waals surface area contributed by atoms with Crippen LogP contribution in [0.5, 0.6) is 0 Å². The first-order valence-electron chi connectivity index (χ1n) is 9.45. The first-order chi connectivity index (χ1) is 13.2. The summed E-state index contributed by atoms with van der Waals surface area (Å²) in [4.78, 5) is 17.7. The molecule has 3 aromatic rings. The minimum absolute atomic E-state index is 0.0435. The van der Waals surface area contributed by atoms with Gasteiger partial charge in [0.1, 0.15) is 11.6 Å². The highest BCUT2D eigenvalue weighted by molar-refractivity contribution is 9.18. The molecule has 4 rings (SSSR count). The number of aromatic nitrogens is 4. The molecule has 7 heteroatoms. The molecule has 0 saturated carbocycles. The fourth-order valence-electron chi connectivity index (χ4n) is 3.55. The van der Waals surface area contributed by atoms with E-state index in [0.29, 0.717) is 24.4 Å². The Labute approximate surface area is 166 Å². The molecule has 2 aromatic heterocycles. The fourth-order valence-corrected chi connectivity index (χ4v) is 4.00. The maximum atomic E-state index is 13.1. The van der Waals surface area contributed by atoms with E-state index in [1.165, 1.54) is 5.56 Å². The summed E-state index contributed by atoms with van der Waals surface area (Å²) < 4.78 is 4.54. The van der Waals surface area contributed by atoms with Crippen molar-refractivity contribution in [1.29, 1.82) is 0 Å². The summed E-state index contributed by atoms with van der Waals surface area (Å²) in [6.45, 7) is 2.97. The van der Waals surface area contributed by atoms with Gasteiger partial charge in [-0.15, -0.1) is 10.2 Å². The Balaban J connectivity index is 1.75. The van der Waals surface area contributed by atoms with Crippen LogP contribution in [0.15, 0.2) is 40.1 Å². The Bertz CT molecular complexity index is 1050. The van der Waals surface area contributed by atoms with Gasteiger partial charge in [0.15, 0.2) is 0 Å². The first kappa shape index (κ1) is 18.1. The van der Waals surface area contributed by atoms with Crippen LogP contribution in [0.25, 0.3) is 5.78 Å². The number of aryl methyl sites for hydroxylation is 3. The van der Waals surface area contributed by atoms with Crippen LogP contribution < -0.4 is 5.56 Å². The van der Waals surface area contributed by atoms with Crippen molar-refractivity contribution in [1.82, 2.24) is 19.2 Å². The van der Waals surface area contributed by atoms with E-state index in [1.54, 1.807) is 4.40 Å². The van der Waals surface area contributed by atoms with Crippen LogP contribution in [0, 0.1) is 0 Å². The third-order valence-electron chi connectivity index (χ3n) is 4.96. The Morgan fingerprint density at radius 1 is 1.11 bits per heavy atom. The van der Waals surface area contributed by atoms with Gasteiger partial charge in [-0.3, -0.25) is 9.36 Å². The highest BCUT2D eigenvalue weighted by atomic mass is 79.9. The smallest absolute Gasteiger partial charge is 0.266 e. The van der Waals surface area contributed by atoms with E-state index in [1.807, 2.05) is 18.2 Å². The van der Waals surface area contributed by atoms with Gasteiger partial charge in [0, 0.05) is 19.4 Å². The number of benzene rings is 1. The molecule has 0 aliphatic carbocycles. The van der Waals surface area contributed by atoms with E-state index in [9.17, 15) is 4.79 Å². The number of unbranched alkanes of at least 4 members (excludes halogenated alkanes) is 2. The summed E-state index contributed by atoms with van der Waals surface area (Å²) in [5, 5.41) is 8.72. The number of hydrogen-bond donors (Lipinski definition) is 0. The van der Waals surface area contributed by atoms with Crippen molar-refractivity contribution in [3.63, 3.8) is 0 Å². The zero-order valence-electron chi connectivity index (χ0n) is 15.4.